The predicted octanol–water partition coefficient (Wildman–Crippen LogP) is 7.29. The maximum absolute atomic E-state index is 6.59. The molecule has 1 unspecified atom stereocenters. The zero-order valence-electron chi connectivity index (χ0n) is 11.7. The van der Waals surface area contributed by atoms with Gasteiger partial charge in [0.25, 0.3) is 0 Å². The van der Waals surface area contributed by atoms with Crippen molar-refractivity contribution in [3.05, 3.63) is 54.6 Å². The molecule has 0 saturated heterocycles. The Labute approximate surface area is 146 Å². The zero-order valence-corrected chi connectivity index (χ0v) is 16.5. The maximum Gasteiger partial charge on any atom is 0.0928 e. The summed E-state index contributed by atoms with van der Waals surface area (Å²) in [6.45, 7) is 6.76. The van der Waals surface area contributed by atoms with Gasteiger partial charge in [-0.1, -0.05) is 45.0 Å². The van der Waals surface area contributed by atoms with Crippen molar-refractivity contribution in [2.75, 3.05) is 0 Å². The monoisotopic (exact) mass is 434 g/mol. The molecular weight excluding hydrogens is 420 g/mol. The molecule has 1 heterocycles. The highest BCUT2D eigenvalue weighted by molar-refractivity contribution is 9.13. The molecule has 0 spiro atoms. The number of hydrogen-bond donors (Lipinski definition) is 0. The van der Waals surface area contributed by atoms with E-state index in [1.807, 2.05) is 0 Å². The van der Waals surface area contributed by atoms with Gasteiger partial charge in [0.15, 0.2) is 0 Å². The summed E-state index contributed by atoms with van der Waals surface area (Å²) in [5.74, 6) is 0. The lowest BCUT2D eigenvalue weighted by Crippen LogP contribution is -2.15. The average Bonchev–Trinajstić information content (AvgIpc) is 2.78. The first-order valence-corrected chi connectivity index (χ1v) is 9.38. The summed E-state index contributed by atoms with van der Waals surface area (Å²) >= 11 is 15.3. The van der Waals surface area contributed by atoms with Crippen LogP contribution in [-0.2, 0) is 5.41 Å². The van der Waals surface area contributed by atoms with Crippen molar-refractivity contribution in [1.82, 2.24) is 0 Å². The molecule has 2 aromatic rings. The van der Waals surface area contributed by atoms with Crippen molar-refractivity contribution in [3.8, 4) is 0 Å². The lowest BCUT2D eigenvalue weighted by molar-refractivity contribution is 0.506. The molecule has 0 N–H and O–H groups in total. The van der Waals surface area contributed by atoms with Gasteiger partial charge in [-0.05, 0) is 60.9 Å². The summed E-state index contributed by atoms with van der Waals surface area (Å²) in [5, 5.41) is -0.0959. The third-order valence-electron chi connectivity index (χ3n) is 3.78. The molecule has 0 aliphatic heterocycles. The number of thiophene rings is 1. The topological polar surface area (TPSA) is 0 Å². The number of hydrogen-bond acceptors (Lipinski definition) is 1. The Kier molecular flexibility index (Phi) is 5.39. The van der Waals surface area contributed by atoms with Crippen LogP contribution in [-0.4, -0.2) is 0 Å². The lowest BCUT2D eigenvalue weighted by atomic mass is 9.82. The molecule has 0 saturated carbocycles. The molecular formula is C16H17Br2ClS. The van der Waals surface area contributed by atoms with E-state index < -0.39 is 0 Å². The Bertz CT molecular complexity index is 568. The van der Waals surface area contributed by atoms with Gasteiger partial charge in [0.1, 0.15) is 0 Å². The van der Waals surface area contributed by atoms with Crippen molar-refractivity contribution in [2.45, 2.75) is 38.0 Å². The fourth-order valence-corrected chi connectivity index (χ4v) is 4.40. The van der Waals surface area contributed by atoms with Gasteiger partial charge < -0.3 is 0 Å². The Balaban J connectivity index is 2.26. The van der Waals surface area contributed by atoms with Gasteiger partial charge in [-0.15, -0.1) is 22.9 Å². The third-order valence-corrected chi connectivity index (χ3v) is 7.72. The van der Waals surface area contributed by atoms with Crippen LogP contribution in [0.15, 0.2) is 38.6 Å². The number of rotatable bonds is 4. The molecule has 0 nitrogen and oxygen atoms in total. The molecule has 1 aromatic heterocycles. The standard InChI is InChI=1S/C16H17Br2ClS/c1-4-16(2,3)11-7-5-10(6-8-11)14(19)13-9-12(17)15(18)20-13/h5-9,14H,4H2,1-3H3. The molecule has 4 heteroatoms. The van der Waals surface area contributed by atoms with Crippen LogP contribution in [0.2, 0.25) is 0 Å². The van der Waals surface area contributed by atoms with Crippen molar-refractivity contribution in [1.29, 1.82) is 0 Å². The van der Waals surface area contributed by atoms with E-state index in [-0.39, 0.29) is 10.8 Å². The quantitative estimate of drug-likeness (QED) is 0.442. The van der Waals surface area contributed by atoms with Crippen LogP contribution in [0.5, 0.6) is 0 Å². The fraction of sp³-hybridized carbons (Fsp3) is 0.375. The lowest BCUT2D eigenvalue weighted by Gasteiger charge is -2.23. The molecule has 1 atom stereocenters. The van der Waals surface area contributed by atoms with Gasteiger partial charge in [0, 0.05) is 9.35 Å². The van der Waals surface area contributed by atoms with Crippen molar-refractivity contribution in [2.24, 2.45) is 0 Å². The maximum atomic E-state index is 6.59. The normalized spacial score (nSPS) is 13.5. The molecule has 2 rings (SSSR count). The Hall–Kier alpha value is 0.170. The second-order valence-electron chi connectivity index (χ2n) is 5.49. The van der Waals surface area contributed by atoms with Gasteiger partial charge in [-0.2, -0.15) is 0 Å². The van der Waals surface area contributed by atoms with Gasteiger partial charge in [0.2, 0.25) is 0 Å². The molecule has 0 radical (unpaired) electrons. The zero-order chi connectivity index (χ0) is 14.9. The van der Waals surface area contributed by atoms with Crippen LogP contribution in [0.4, 0.5) is 0 Å². The molecule has 0 aliphatic rings. The minimum atomic E-state index is -0.0959. The molecule has 0 bridgehead atoms. The van der Waals surface area contributed by atoms with Crippen molar-refractivity contribution >= 4 is 54.8 Å². The molecule has 108 valence electrons. The van der Waals surface area contributed by atoms with E-state index in [9.17, 15) is 0 Å². The SMILES string of the molecule is CCC(C)(C)c1ccc(C(Cl)c2cc(Br)c(Br)s2)cc1. The smallest absolute Gasteiger partial charge is 0.0928 e. The second kappa shape index (κ2) is 6.51. The highest BCUT2D eigenvalue weighted by atomic mass is 79.9. The summed E-state index contributed by atoms with van der Waals surface area (Å²) in [7, 11) is 0. The van der Waals surface area contributed by atoms with Gasteiger partial charge in [-0.3, -0.25) is 0 Å². The summed E-state index contributed by atoms with van der Waals surface area (Å²) in [6.07, 6.45) is 1.13. The van der Waals surface area contributed by atoms with Gasteiger partial charge in [0.05, 0.1) is 9.16 Å². The van der Waals surface area contributed by atoms with E-state index in [0.717, 1.165) is 25.1 Å². The second-order valence-corrected chi connectivity index (χ2v) is 9.18. The van der Waals surface area contributed by atoms with Crippen LogP contribution in [0.1, 0.15) is 48.6 Å². The summed E-state index contributed by atoms with van der Waals surface area (Å²) in [4.78, 5) is 1.15. The first-order chi connectivity index (χ1) is 9.35. The molecule has 0 fully saturated rings. The minimum Gasteiger partial charge on any atom is -0.130 e. The average molecular weight is 437 g/mol. The van der Waals surface area contributed by atoms with E-state index in [2.05, 4.69) is 83.0 Å². The summed E-state index contributed by atoms with van der Waals surface area (Å²) in [6, 6.07) is 10.8. The van der Waals surface area contributed by atoms with Gasteiger partial charge in [-0.25, -0.2) is 0 Å². The Morgan fingerprint density at radius 3 is 2.25 bits per heavy atom. The molecule has 0 aliphatic carbocycles. The van der Waals surface area contributed by atoms with Crippen molar-refractivity contribution < 1.29 is 0 Å². The third kappa shape index (κ3) is 3.49. The number of alkyl halides is 1. The first-order valence-electron chi connectivity index (χ1n) is 6.54. The molecule has 20 heavy (non-hydrogen) atoms. The van der Waals surface area contributed by atoms with E-state index in [1.165, 1.54) is 5.56 Å². The van der Waals surface area contributed by atoms with E-state index >= 15 is 0 Å². The summed E-state index contributed by atoms with van der Waals surface area (Å²) in [5.41, 5.74) is 2.72. The largest absolute Gasteiger partial charge is 0.130 e. The number of halogens is 3. The van der Waals surface area contributed by atoms with E-state index in [1.54, 1.807) is 11.3 Å². The van der Waals surface area contributed by atoms with Crippen LogP contribution < -0.4 is 0 Å². The predicted molar refractivity (Wildman–Crippen MR) is 97.2 cm³/mol. The molecule has 0 amide bonds. The highest BCUT2D eigenvalue weighted by Gasteiger charge is 2.19. The van der Waals surface area contributed by atoms with Gasteiger partial charge >= 0.3 is 0 Å². The number of benzene rings is 1. The highest BCUT2D eigenvalue weighted by Crippen LogP contribution is 2.40. The Morgan fingerprint density at radius 1 is 1.20 bits per heavy atom. The van der Waals surface area contributed by atoms with Crippen LogP contribution >= 0.6 is 54.8 Å². The van der Waals surface area contributed by atoms with Crippen molar-refractivity contribution in [3.63, 3.8) is 0 Å². The minimum absolute atomic E-state index is 0.0959. The molecule has 1 aromatic carbocycles. The van der Waals surface area contributed by atoms with E-state index in [4.69, 9.17) is 11.6 Å². The Morgan fingerprint density at radius 2 is 1.80 bits per heavy atom. The fourth-order valence-electron chi connectivity index (χ4n) is 1.96. The van der Waals surface area contributed by atoms with E-state index in [0.29, 0.717) is 0 Å². The van der Waals surface area contributed by atoms with Crippen LogP contribution in [0.3, 0.4) is 0 Å². The van der Waals surface area contributed by atoms with Crippen LogP contribution in [0, 0.1) is 0 Å². The summed E-state index contributed by atoms with van der Waals surface area (Å²) < 4.78 is 2.15. The first kappa shape index (κ1) is 16.5. The van der Waals surface area contributed by atoms with Crippen LogP contribution in [0.25, 0.3) is 0 Å².